The first-order chi connectivity index (χ1) is 21.3. The summed E-state index contributed by atoms with van der Waals surface area (Å²) >= 11 is 6.07. The van der Waals surface area contributed by atoms with Crippen LogP contribution in [0.4, 0.5) is 5.69 Å². The summed E-state index contributed by atoms with van der Waals surface area (Å²) in [7, 11) is -4.21. The molecule has 0 radical (unpaired) electrons. The van der Waals surface area contributed by atoms with E-state index in [4.69, 9.17) is 11.6 Å². The second kappa shape index (κ2) is 14.8. The zero-order valence-corrected chi connectivity index (χ0v) is 27.9. The molecule has 0 aromatic heterocycles. The summed E-state index contributed by atoms with van der Waals surface area (Å²) in [6.07, 6.45) is 0.254. The maximum absolute atomic E-state index is 14.5. The fourth-order valence-electron chi connectivity index (χ4n) is 5.09. The summed E-state index contributed by atoms with van der Waals surface area (Å²) in [5.74, 6) is -0.819. The minimum absolute atomic E-state index is 0.00143. The number of carbonyl (C=O) groups excluding carboxylic acids is 2. The van der Waals surface area contributed by atoms with Crippen LogP contribution in [0, 0.1) is 20.8 Å². The van der Waals surface area contributed by atoms with Crippen LogP contribution >= 0.6 is 11.6 Å². The normalized spacial score (nSPS) is 12.1. The van der Waals surface area contributed by atoms with Gasteiger partial charge in [0.1, 0.15) is 12.6 Å². The first-order valence-corrected chi connectivity index (χ1v) is 16.7. The molecule has 4 rings (SSSR count). The topological polar surface area (TPSA) is 86.8 Å². The lowest BCUT2D eigenvalue weighted by Crippen LogP contribution is -2.54. The number of hydrogen-bond acceptors (Lipinski definition) is 4. The summed E-state index contributed by atoms with van der Waals surface area (Å²) in [4.78, 5) is 29.8. The minimum Gasteiger partial charge on any atom is -0.352 e. The van der Waals surface area contributed by atoms with Crippen LogP contribution in [0.3, 0.4) is 0 Å². The van der Waals surface area contributed by atoms with E-state index in [0.717, 1.165) is 32.1 Å². The van der Waals surface area contributed by atoms with Crippen molar-refractivity contribution in [2.45, 2.75) is 64.6 Å². The van der Waals surface area contributed by atoms with Crippen LogP contribution in [-0.2, 0) is 32.6 Å². The molecule has 0 heterocycles. The summed E-state index contributed by atoms with van der Waals surface area (Å²) in [5.41, 5.74) is 4.94. The van der Waals surface area contributed by atoms with E-state index in [1.165, 1.54) is 29.2 Å². The third-order valence-corrected chi connectivity index (χ3v) is 9.64. The van der Waals surface area contributed by atoms with E-state index >= 15 is 0 Å². The van der Waals surface area contributed by atoms with Crippen molar-refractivity contribution in [3.8, 4) is 0 Å². The van der Waals surface area contributed by atoms with Gasteiger partial charge in [-0.1, -0.05) is 77.8 Å². The van der Waals surface area contributed by atoms with E-state index in [1.54, 1.807) is 12.1 Å². The van der Waals surface area contributed by atoms with Gasteiger partial charge in [-0.25, -0.2) is 8.42 Å². The van der Waals surface area contributed by atoms with E-state index < -0.39 is 28.5 Å². The standard InChI is InChI=1S/C36H40ClN3O4S/c1-25(2)38-36(42)34(22-29-11-7-6-8-12-29)39(23-30-13-9-10-26(3)20-30)35(41)24-40(32-17-14-27(4)28(5)21-32)45(43,44)33-18-15-31(37)16-19-33/h6-21,25,34H,22-24H2,1-5H3,(H,38,42). The van der Waals surface area contributed by atoms with Crippen molar-refractivity contribution in [3.05, 3.63) is 130 Å². The van der Waals surface area contributed by atoms with Gasteiger partial charge in [-0.15, -0.1) is 0 Å². The average molecular weight is 646 g/mol. The van der Waals surface area contributed by atoms with Crippen molar-refractivity contribution >= 4 is 39.1 Å². The van der Waals surface area contributed by atoms with Crippen molar-refractivity contribution in [1.82, 2.24) is 10.2 Å². The van der Waals surface area contributed by atoms with Gasteiger partial charge in [0, 0.05) is 24.0 Å². The van der Waals surface area contributed by atoms with Gasteiger partial charge in [0.2, 0.25) is 11.8 Å². The Morgan fingerprint density at radius 2 is 1.47 bits per heavy atom. The number of sulfonamides is 1. The van der Waals surface area contributed by atoms with Crippen LogP contribution in [0.15, 0.2) is 102 Å². The second-order valence-corrected chi connectivity index (χ2v) is 13.9. The third kappa shape index (κ3) is 8.74. The van der Waals surface area contributed by atoms with E-state index in [1.807, 2.05) is 95.3 Å². The predicted octanol–water partition coefficient (Wildman–Crippen LogP) is 6.63. The number of benzene rings is 4. The lowest BCUT2D eigenvalue weighted by atomic mass is 10.0. The van der Waals surface area contributed by atoms with Crippen molar-refractivity contribution in [2.24, 2.45) is 0 Å². The van der Waals surface area contributed by atoms with Gasteiger partial charge in [0.25, 0.3) is 10.0 Å². The molecule has 236 valence electrons. The van der Waals surface area contributed by atoms with Gasteiger partial charge in [-0.3, -0.25) is 13.9 Å². The third-order valence-electron chi connectivity index (χ3n) is 7.60. The number of carbonyl (C=O) groups is 2. The number of amides is 2. The lowest BCUT2D eigenvalue weighted by Gasteiger charge is -2.34. The highest BCUT2D eigenvalue weighted by atomic mass is 35.5. The molecule has 2 amide bonds. The molecule has 4 aromatic rings. The first kappa shape index (κ1) is 33.7. The van der Waals surface area contributed by atoms with Gasteiger partial charge in [-0.05, 0) is 93.3 Å². The Balaban J connectivity index is 1.82. The summed E-state index contributed by atoms with van der Waals surface area (Å²) in [6.45, 7) is 9.12. The average Bonchev–Trinajstić information content (AvgIpc) is 2.99. The number of rotatable bonds is 12. The number of aryl methyl sites for hydroxylation is 3. The molecular weight excluding hydrogens is 606 g/mol. The predicted molar refractivity (Wildman–Crippen MR) is 181 cm³/mol. The number of anilines is 1. The van der Waals surface area contributed by atoms with Crippen molar-refractivity contribution < 1.29 is 18.0 Å². The maximum Gasteiger partial charge on any atom is 0.264 e. The molecule has 1 atom stereocenters. The molecule has 0 aliphatic rings. The van der Waals surface area contributed by atoms with Crippen LogP contribution in [-0.4, -0.2) is 43.8 Å². The number of hydrogen-bond donors (Lipinski definition) is 1. The quantitative estimate of drug-likeness (QED) is 0.188. The second-order valence-electron chi connectivity index (χ2n) is 11.6. The van der Waals surface area contributed by atoms with Gasteiger partial charge in [-0.2, -0.15) is 0 Å². The Labute approximate surface area is 271 Å². The van der Waals surface area contributed by atoms with Crippen LogP contribution in [0.1, 0.15) is 41.7 Å². The largest absolute Gasteiger partial charge is 0.352 e. The smallest absolute Gasteiger partial charge is 0.264 e. The van der Waals surface area contributed by atoms with Gasteiger partial charge in [0.15, 0.2) is 0 Å². The van der Waals surface area contributed by atoms with E-state index in [0.29, 0.717) is 10.7 Å². The van der Waals surface area contributed by atoms with Crippen molar-refractivity contribution in [1.29, 1.82) is 0 Å². The molecule has 1 unspecified atom stereocenters. The zero-order chi connectivity index (χ0) is 32.7. The molecule has 0 fully saturated rings. The maximum atomic E-state index is 14.5. The molecule has 0 spiro atoms. The summed E-state index contributed by atoms with van der Waals surface area (Å²) < 4.78 is 29.5. The highest BCUT2D eigenvalue weighted by Gasteiger charge is 2.35. The first-order valence-electron chi connectivity index (χ1n) is 14.9. The molecule has 0 saturated carbocycles. The number of halogens is 1. The summed E-state index contributed by atoms with van der Waals surface area (Å²) in [6, 6.07) is 27.3. The Morgan fingerprint density at radius 3 is 2.09 bits per heavy atom. The van der Waals surface area contributed by atoms with E-state index in [9.17, 15) is 18.0 Å². The van der Waals surface area contributed by atoms with Gasteiger partial charge >= 0.3 is 0 Å². The highest BCUT2D eigenvalue weighted by Crippen LogP contribution is 2.28. The van der Waals surface area contributed by atoms with Crippen molar-refractivity contribution in [3.63, 3.8) is 0 Å². The molecule has 4 aromatic carbocycles. The van der Waals surface area contributed by atoms with Crippen LogP contribution in [0.25, 0.3) is 0 Å². The monoisotopic (exact) mass is 645 g/mol. The fourth-order valence-corrected chi connectivity index (χ4v) is 6.62. The van der Waals surface area contributed by atoms with Crippen LogP contribution < -0.4 is 9.62 Å². The molecule has 45 heavy (non-hydrogen) atoms. The fraction of sp³-hybridized carbons (Fsp3) is 0.278. The SMILES string of the molecule is Cc1cccc(CN(C(=O)CN(c2ccc(C)c(C)c2)S(=O)(=O)c2ccc(Cl)cc2)C(Cc2ccccc2)C(=O)NC(C)C)c1. The van der Waals surface area contributed by atoms with Crippen LogP contribution in [0.2, 0.25) is 5.02 Å². The number of nitrogens with one attached hydrogen (secondary N) is 1. The van der Waals surface area contributed by atoms with E-state index in [2.05, 4.69) is 5.32 Å². The number of nitrogens with zero attached hydrogens (tertiary/aromatic N) is 2. The van der Waals surface area contributed by atoms with Crippen molar-refractivity contribution in [2.75, 3.05) is 10.8 Å². The Hall–Kier alpha value is -4.14. The lowest BCUT2D eigenvalue weighted by molar-refractivity contribution is -0.140. The molecule has 0 aliphatic heterocycles. The minimum atomic E-state index is -4.21. The highest BCUT2D eigenvalue weighted by molar-refractivity contribution is 7.92. The van der Waals surface area contributed by atoms with Crippen LogP contribution in [0.5, 0.6) is 0 Å². The molecule has 0 bridgehead atoms. The molecular formula is C36H40ClN3O4S. The Kier molecular flexibility index (Phi) is 11.1. The van der Waals surface area contributed by atoms with E-state index in [-0.39, 0.29) is 29.8 Å². The molecule has 7 nitrogen and oxygen atoms in total. The molecule has 0 saturated heterocycles. The zero-order valence-electron chi connectivity index (χ0n) is 26.3. The molecule has 0 aliphatic carbocycles. The summed E-state index contributed by atoms with van der Waals surface area (Å²) in [5, 5.41) is 3.37. The molecule has 1 N–H and O–H groups in total. The molecule has 9 heteroatoms. The van der Waals surface area contributed by atoms with Gasteiger partial charge < -0.3 is 10.2 Å². The Bertz CT molecular complexity index is 1740. The van der Waals surface area contributed by atoms with Gasteiger partial charge in [0.05, 0.1) is 10.6 Å². The Morgan fingerprint density at radius 1 is 0.800 bits per heavy atom.